The lowest BCUT2D eigenvalue weighted by Gasteiger charge is -2.08. The van der Waals surface area contributed by atoms with E-state index >= 15 is 0 Å². The lowest BCUT2D eigenvalue weighted by Crippen LogP contribution is -2.06. The topological polar surface area (TPSA) is 47.8 Å². The third-order valence-corrected chi connectivity index (χ3v) is 2.65. The fraction of sp³-hybridized carbons (Fsp3) is 0.250. The summed E-state index contributed by atoms with van der Waals surface area (Å²) < 4.78 is 1.84. The molecule has 4 heteroatoms. The molecule has 82 valence electrons. The van der Waals surface area contributed by atoms with Gasteiger partial charge in [0.2, 0.25) is 0 Å². The lowest BCUT2D eigenvalue weighted by molar-refractivity contribution is 0.101. The Kier molecular flexibility index (Phi) is 2.56. The van der Waals surface area contributed by atoms with Gasteiger partial charge in [-0.15, -0.1) is 0 Å². The van der Waals surface area contributed by atoms with Gasteiger partial charge in [-0.05, 0) is 32.9 Å². The molecule has 0 fully saturated rings. The van der Waals surface area contributed by atoms with Gasteiger partial charge in [0.1, 0.15) is 12.1 Å². The second kappa shape index (κ2) is 3.89. The van der Waals surface area contributed by atoms with Crippen molar-refractivity contribution in [2.45, 2.75) is 20.8 Å². The first-order chi connectivity index (χ1) is 7.61. The zero-order valence-electron chi connectivity index (χ0n) is 9.56. The van der Waals surface area contributed by atoms with Crippen LogP contribution in [0.2, 0.25) is 0 Å². The number of carbonyl (C=O) groups is 1. The van der Waals surface area contributed by atoms with Crippen LogP contribution in [0.4, 0.5) is 0 Å². The average molecular weight is 215 g/mol. The zero-order chi connectivity index (χ0) is 11.7. The van der Waals surface area contributed by atoms with E-state index in [0.29, 0.717) is 11.4 Å². The molecule has 0 aliphatic heterocycles. The molecule has 0 atom stereocenters. The maximum absolute atomic E-state index is 11.5. The van der Waals surface area contributed by atoms with Crippen molar-refractivity contribution in [3.8, 4) is 5.82 Å². The van der Waals surface area contributed by atoms with E-state index in [-0.39, 0.29) is 5.78 Å². The van der Waals surface area contributed by atoms with Gasteiger partial charge in [0, 0.05) is 11.9 Å². The van der Waals surface area contributed by atoms with Crippen molar-refractivity contribution >= 4 is 5.78 Å². The molecule has 0 amide bonds. The monoisotopic (exact) mass is 215 g/mol. The Labute approximate surface area is 94.0 Å². The number of Topliss-reactive ketones (excluding diaryl/α,β-unsaturated/α-hetero) is 1. The Hall–Kier alpha value is -1.97. The molecule has 0 aromatic carbocycles. The SMILES string of the molecule is CC(=O)c1cccnc1-n1cnc(C)c1C. The third kappa shape index (κ3) is 1.62. The number of rotatable bonds is 2. The number of ketones is 1. The first-order valence-electron chi connectivity index (χ1n) is 5.08. The minimum Gasteiger partial charge on any atom is -0.294 e. The van der Waals surface area contributed by atoms with Crippen molar-refractivity contribution in [3.63, 3.8) is 0 Å². The minimum atomic E-state index is 0.00820. The molecule has 0 aliphatic rings. The third-order valence-electron chi connectivity index (χ3n) is 2.65. The molecule has 2 aromatic rings. The second-order valence-electron chi connectivity index (χ2n) is 3.72. The number of aryl methyl sites for hydroxylation is 1. The maximum atomic E-state index is 11.5. The van der Waals surface area contributed by atoms with Gasteiger partial charge in [0.15, 0.2) is 5.78 Å². The van der Waals surface area contributed by atoms with Gasteiger partial charge in [-0.1, -0.05) is 0 Å². The van der Waals surface area contributed by atoms with Crippen LogP contribution < -0.4 is 0 Å². The molecule has 0 saturated heterocycles. The van der Waals surface area contributed by atoms with Crippen molar-refractivity contribution < 1.29 is 4.79 Å². The molecule has 0 spiro atoms. The van der Waals surface area contributed by atoms with Gasteiger partial charge < -0.3 is 0 Å². The smallest absolute Gasteiger partial charge is 0.163 e. The van der Waals surface area contributed by atoms with E-state index in [1.165, 1.54) is 0 Å². The summed E-state index contributed by atoms with van der Waals surface area (Å²) >= 11 is 0. The average Bonchev–Trinajstić information content (AvgIpc) is 2.60. The summed E-state index contributed by atoms with van der Waals surface area (Å²) in [5, 5.41) is 0. The summed E-state index contributed by atoms with van der Waals surface area (Å²) in [6.07, 6.45) is 3.37. The van der Waals surface area contributed by atoms with Crippen LogP contribution in [0.3, 0.4) is 0 Å². The molecule has 0 aliphatic carbocycles. The van der Waals surface area contributed by atoms with Crippen LogP contribution in [0.1, 0.15) is 28.7 Å². The summed E-state index contributed by atoms with van der Waals surface area (Å²) in [4.78, 5) is 19.9. The molecular weight excluding hydrogens is 202 g/mol. The van der Waals surface area contributed by atoms with Crippen LogP contribution in [-0.2, 0) is 0 Å². The second-order valence-corrected chi connectivity index (χ2v) is 3.72. The number of aromatic nitrogens is 3. The normalized spacial score (nSPS) is 10.4. The lowest BCUT2D eigenvalue weighted by atomic mass is 10.2. The van der Waals surface area contributed by atoms with E-state index in [1.54, 1.807) is 31.6 Å². The van der Waals surface area contributed by atoms with E-state index in [0.717, 1.165) is 11.4 Å². The van der Waals surface area contributed by atoms with Gasteiger partial charge in [-0.3, -0.25) is 9.36 Å². The molecular formula is C12H13N3O. The predicted octanol–water partition coefficient (Wildman–Crippen LogP) is 2.09. The van der Waals surface area contributed by atoms with Crippen LogP contribution in [0.25, 0.3) is 5.82 Å². The largest absolute Gasteiger partial charge is 0.294 e. The van der Waals surface area contributed by atoms with E-state index in [2.05, 4.69) is 9.97 Å². The Bertz CT molecular complexity index is 543. The van der Waals surface area contributed by atoms with E-state index in [1.807, 2.05) is 18.4 Å². The van der Waals surface area contributed by atoms with Crippen molar-refractivity contribution in [2.24, 2.45) is 0 Å². The maximum Gasteiger partial charge on any atom is 0.163 e. The van der Waals surface area contributed by atoms with E-state index in [9.17, 15) is 4.79 Å². The highest BCUT2D eigenvalue weighted by atomic mass is 16.1. The highest BCUT2D eigenvalue weighted by Gasteiger charge is 2.12. The Morgan fingerprint density at radius 2 is 2.06 bits per heavy atom. The first-order valence-corrected chi connectivity index (χ1v) is 5.08. The fourth-order valence-electron chi connectivity index (χ4n) is 1.58. The molecule has 0 bridgehead atoms. The number of pyridine rings is 1. The molecule has 0 radical (unpaired) electrons. The first kappa shape index (κ1) is 10.5. The highest BCUT2D eigenvalue weighted by molar-refractivity contribution is 5.96. The summed E-state index contributed by atoms with van der Waals surface area (Å²) in [7, 11) is 0. The number of hydrogen-bond acceptors (Lipinski definition) is 3. The summed E-state index contributed by atoms with van der Waals surface area (Å²) in [6, 6.07) is 3.54. The number of hydrogen-bond donors (Lipinski definition) is 0. The molecule has 16 heavy (non-hydrogen) atoms. The van der Waals surface area contributed by atoms with Gasteiger partial charge in [-0.25, -0.2) is 9.97 Å². The Morgan fingerprint density at radius 3 is 2.62 bits per heavy atom. The number of imidazole rings is 1. The molecule has 2 aromatic heterocycles. The molecule has 0 unspecified atom stereocenters. The number of carbonyl (C=O) groups excluding carboxylic acids is 1. The molecule has 2 heterocycles. The van der Waals surface area contributed by atoms with Crippen LogP contribution in [0.5, 0.6) is 0 Å². The van der Waals surface area contributed by atoms with Crippen molar-refractivity contribution in [2.75, 3.05) is 0 Å². The van der Waals surface area contributed by atoms with Crippen LogP contribution in [-0.4, -0.2) is 20.3 Å². The van der Waals surface area contributed by atoms with Crippen LogP contribution in [0, 0.1) is 13.8 Å². The van der Waals surface area contributed by atoms with E-state index in [4.69, 9.17) is 0 Å². The zero-order valence-corrected chi connectivity index (χ0v) is 9.56. The Morgan fingerprint density at radius 1 is 1.31 bits per heavy atom. The highest BCUT2D eigenvalue weighted by Crippen LogP contribution is 2.15. The van der Waals surface area contributed by atoms with Crippen LogP contribution in [0.15, 0.2) is 24.7 Å². The molecule has 0 N–H and O–H groups in total. The molecule has 4 nitrogen and oxygen atoms in total. The summed E-state index contributed by atoms with van der Waals surface area (Å²) in [5.41, 5.74) is 2.56. The van der Waals surface area contributed by atoms with Gasteiger partial charge in [0.25, 0.3) is 0 Å². The predicted molar refractivity (Wildman–Crippen MR) is 60.8 cm³/mol. The quantitative estimate of drug-likeness (QED) is 0.721. The molecule has 0 saturated carbocycles. The standard InChI is InChI=1S/C12H13N3O/c1-8-9(2)15(7-14-8)12-11(10(3)16)5-4-6-13-12/h4-7H,1-3H3. The van der Waals surface area contributed by atoms with Crippen molar-refractivity contribution in [3.05, 3.63) is 41.6 Å². The van der Waals surface area contributed by atoms with Gasteiger partial charge in [0.05, 0.1) is 11.3 Å². The van der Waals surface area contributed by atoms with Gasteiger partial charge in [-0.2, -0.15) is 0 Å². The molecule has 2 rings (SSSR count). The van der Waals surface area contributed by atoms with Gasteiger partial charge >= 0.3 is 0 Å². The fourth-order valence-corrected chi connectivity index (χ4v) is 1.58. The minimum absolute atomic E-state index is 0.00820. The Balaban J connectivity index is 2.64. The number of nitrogens with zero attached hydrogens (tertiary/aromatic N) is 3. The van der Waals surface area contributed by atoms with Crippen molar-refractivity contribution in [1.82, 2.24) is 14.5 Å². The van der Waals surface area contributed by atoms with Crippen molar-refractivity contribution in [1.29, 1.82) is 0 Å². The van der Waals surface area contributed by atoms with Crippen LogP contribution >= 0.6 is 0 Å². The summed E-state index contributed by atoms with van der Waals surface area (Å²) in [6.45, 7) is 5.43. The van der Waals surface area contributed by atoms with E-state index < -0.39 is 0 Å². The summed E-state index contributed by atoms with van der Waals surface area (Å²) in [5.74, 6) is 0.655.